The van der Waals surface area contributed by atoms with E-state index in [9.17, 15) is 18.8 Å². The number of carbonyl (C=O) groups excluding carboxylic acids is 3. The Balaban J connectivity index is 1.18. The molecule has 0 atom stereocenters. The molecule has 4 saturated carbocycles. The number of hydrogen-bond acceptors (Lipinski definition) is 4. The van der Waals surface area contributed by atoms with Crippen molar-refractivity contribution in [2.75, 3.05) is 18.5 Å². The molecule has 30 heavy (non-hydrogen) atoms. The van der Waals surface area contributed by atoms with E-state index in [1.807, 2.05) is 0 Å². The number of nitrogens with one attached hydrogen (secondary N) is 2. The normalized spacial score (nSPS) is 28.8. The molecule has 0 aliphatic heterocycles. The molecule has 6 nitrogen and oxygen atoms in total. The molecule has 2 amide bonds. The molecule has 162 valence electrons. The molecule has 0 radical (unpaired) electrons. The summed E-state index contributed by atoms with van der Waals surface area (Å²) in [4.78, 5) is 36.2. The van der Waals surface area contributed by atoms with Gasteiger partial charge in [-0.15, -0.1) is 0 Å². The molecule has 7 heteroatoms. The van der Waals surface area contributed by atoms with E-state index in [1.54, 1.807) is 13.0 Å². The predicted molar refractivity (Wildman–Crippen MR) is 109 cm³/mol. The van der Waals surface area contributed by atoms with Gasteiger partial charge in [0.25, 0.3) is 5.91 Å². The predicted octanol–water partition coefficient (Wildman–Crippen LogP) is 3.34. The second kappa shape index (κ2) is 8.36. The fourth-order valence-corrected chi connectivity index (χ4v) is 6.19. The molecule has 4 bridgehead atoms. The van der Waals surface area contributed by atoms with Crippen LogP contribution in [0.15, 0.2) is 18.2 Å². The Labute approximate surface area is 175 Å². The lowest BCUT2D eigenvalue weighted by atomic mass is 9.49. The summed E-state index contributed by atoms with van der Waals surface area (Å²) in [6.07, 6.45) is 7.83. The SMILES string of the molecule is Cc1ccc(NC(=O)COC(=O)CNC(=O)CC23CC4CC(CC(C4)C2)C3)c(F)c1. The topological polar surface area (TPSA) is 84.5 Å². The summed E-state index contributed by atoms with van der Waals surface area (Å²) in [6, 6.07) is 4.43. The Morgan fingerprint density at radius 1 is 1.07 bits per heavy atom. The second-order valence-corrected chi connectivity index (χ2v) is 9.56. The first-order chi connectivity index (χ1) is 14.3. The third kappa shape index (κ3) is 4.82. The maximum atomic E-state index is 13.8. The summed E-state index contributed by atoms with van der Waals surface area (Å²) >= 11 is 0. The standard InChI is InChI=1S/C23H29FN2O4/c1-14-2-3-19(18(24)4-14)26-21(28)13-30-22(29)12-25-20(27)11-23-8-15-5-16(9-23)7-17(6-15)10-23/h2-4,15-17H,5-13H2,1H3,(H,25,27)(H,26,28). The van der Waals surface area contributed by atoms with Crippen molar-refractivity contribution in [2.24, 2.45) is 23.2 Å². The van der Waals surface area contributed by atoms with E-state index in [0.29, 0.717) is 6.42 Å². The number of ether oxygens (including phenoxy) is 1. The number of benzene rings is 1. The molecule has 4 aliphatic carbocycles. The van der Waals surface area contributed by atoms with Gasteiger partial charge >= 0.3 is 5.97 Å². The van der Waals surface area contributed by atoms with Gasteiger partial charge in [-0.25, -0.2) is 4.39 Å². The molecule has 1 aromatic rings. The number of rotatable bonds is 7. The average Bonchev–Trinajstić information content (AvgIpc) is 2.65. The van der Waals surface area contributed by atoms with E-state index in [1.165, 1.54) is 31.4 Å². The third-order valence-corrected chi connectivity index (χ3v) is 6.89. The van der Waals surface area contributed by atoms with Crippen LogP contribution in [0, 0.1) is 35.9 Å². The molecular formula is C23H29FN2O4. The highest BCUT2D eigenvalue weighted by molar-refractivity contribution is 5.93. The Bertz CT molecular complexity index is 818. The summed E-state index contributed by atoms with van der Waals surface area (Å²) in [5, 5.41) is 5.01. The summed E-state index contributed by atoms with van der Waals surface area (Å²) in [5.74, 6) is 0.314. The van der Waals surface area contributed by atoms with Crippen molar-refractivity contribution in [2.45, 2.75) is 51.9 Å². The first kappa shape index (κ1) is 20.8. The molecule has 0 saturated heterocycles. The lowest BCUT2D eigenvalue weighted by Crippen LogP contribution is -2.48. The van der Waals surface area contributed by atoms with Crippen molar-refractivity contribution in [1.82, 2.24) is 5.32 Å². The van der Waals surface area contributed by atoms with E-state index in [2.05, 4.69) is 10.6 Å². The van der Waals surface area contributed by atoms with E-state index in [4.69, 9.17) is 4.74 Å². The fraction of sp³-hybridized carbons (Fsp3) is 0.609. The lowest BCUT2D eigenvalue weighted by Gasteiger charge is -2.56. The van der Waals surface area contributed by atoms with E-state index in [0.717, 1.165) is 42.6 Å². The third-order valence-electron chi connectivity index (χ3n) is 6.89. The number of hydrogen-bond donors (Lipinski definition) is 2. The Hall–Kier alpha value is -2.44. The van der Waals surface area contributed by atoms with E-state index >= 15 is 0 Å². The minimum absolute atomic E-state index is 0.0329. The Morgan fingerprint density at radius 3 is 2.30 bits per heavy atom. The molecule has 5 rings (SSSR count). The van der Waals surface area contributed by atoms with Gasteiger partial charge < -0.3 is 15.4 Å². The van der Waals surface area contributed by atoms with Crippen LogP contribution in [0.5, 0.6) is 0 Å². The zero-order chi connectivity index (χ0) is 21.3. The highest BCUT2D eigenvalue weighted by atomic mass is 19.1. The number of amides is 2. The molecule has 0 spiro atoms. The van der Waals surface area contributed by atoms with Crippen molar-refractivity contribution in [3.63, 3.8) is 0 Å². The molecular weight excluding hydrogens is 387 g/mol. The molecule has 0 unspecified atom stereocenters. The quantitative estimate of drug-likeness (QED) is 0.668. The van der Waals surface area contributed by atoms with Gasteiger partial charge in [-0.05, 0) is 86.3 Å². The number of halogens is 1. The largest absolute Gasteiger partial charge is 0.454 e. The van der Waals surface area contributed by atoms with E-state index in [-0.39, 0.29) is 23.6 Å². The van der Waals surface area contributed by atoms with Crippen LogP contribution in [-0.4, -0.2) is 30.9 Å². The summed E-state index contributed by atoms with van der Waals surface area (Å²) in [5.41, 5.74) is 0.882. The minimum Gasteiger partial charge on any atom is -0.454 e. The van der Waals surface area contributed by atoms with Gasteiger partial charge in [0.1, 0.15) is 12.4 Å². The van der Waals surface area contributed by atoms with Crippen LogP contribution in [0.1, 0.15) is 50.5 Å². The first-order valence-electron chi connectivity index (χ1n) is 10.8. The van der Waals surface area contributed by atoms with E-state index < -0.39 is 24.3 Å². The van der Waals surface area contributed by atoms with Crippen molar-refractivity contribution < 1.29 is 23.5 Å². The first-order valence-corrected chi connectivity index (χ1v) is 10.8. The molecule has 4 aliphatic rings. The minimum atomic E-state index is -0.687. The zero-order valence-corrected chi connectivity index (χ0v) is 17.3. The van der Waals surface area contributed by atoms with Crippen LogP contribution >= 0.6 is 0 Å². The number of aryl methyl sites for hydroxylation is 1. The van der Waals surface area contributed by atoms with Crippen LogP contribution in [0.4, 0.5) is 10.1 Å². The van der Waals surface area contributed by atoms with Crippen LogP contribution in [-0.2, 0) is 19.1 Å². The molecule has 1 aromatic carbocycles. The van der Waals surface area contributed by atoms with Crippen LogP contribution in [0.25, 0.3) is 0 Å². The molecule has 2 N–H and O–H groups in total. The molecule has 4 fully saturated rings. The maximum absolute atomic E-state index is 13.8. The van der Waals surface area contributed by atoms with Crippen LogP contribution in [0.3, 0.4) is 0 Å². The van der Waals surface area contributed by atoms with Crippen molar-refractivity contribution in [3.8, 4) is 0 Å². The summed E-state index contributed by atoms with van der Waals surface area (Å²) in [7, 11) is 0. The Morgan fingerprint density at radius 2 is 1.70 bits per heavy atom. The van der Waals surface area contributed by atoms with Gasteiger partial charge in [-0.3, -0.25) is 14.4 Å². The smallest absolute Gasteiger partial charge is 0.325 e. The second-order valence-electron chi connectivity index (χ2n) is 9.56. The lowest BCUT2D eigenvalue weighted by molar-refractivity contribution is -0.147. The van der Waals surface area contributed by atoms with Gasteiger partial charge in [-0.2, -0.15) is 0 Å². The van der Waals surface area contributed by atoms with Crippen LogP contribution in [0.2, 0.25) is 0 Å². The van der Waals surface area contributed by atoms with Crippen LogP contribution < -0.4 is 10.6 Å². The highest BCUT2D eigenvalue weighted by Gasteiger charge is 2.51. The highest BCUT2D eigenvalue weighted by Crippen LogP contribution is 2.61. The van der Waals surface area contributed by atoms with Gasteiger partial charge in [0.15, 0.2) is 6.61 Å². The van der Waals surface area contributed by atoms with Gasteiger partial charge in [0.2, 0.25) is 5.91 Å². The summed E-state index contributed by atoms with van der Waals surface area (Å²) in [6.45, 7) is 0.947. The van der Waals surface area contributed by atoms with Gasteiger partial charge in [0, 0.05) is 6.42 Å². The van der Waals surface area contributed by atoms with Crippen molar-refractivity contribution in [1.29, 1.82) is 0 Å². The maximum Gasteiger partial charge on any atom is 0.325 e. The molecule has 0 heterocycles. The fourth-order valence-electron chi connectivity index (χ4n) is 6.19. The van der Waals surface area contributed by atoms with Gasteiger partial charge in [0.05, 0.1) is 5.69 Å². The van der Waals surface area contributed by atoms with Crippen molar-refractivity contribution in [3.05, 3.63) is 29.6 Å². The van der Waals surface area contributed by atoms with Gasteiger partial charge in [-0.1, -0.05) is 6.07 Å². The molecule has 0 aromatic heterocycles. The monoisotopic (exact) mass is 416 g/mol. The summed E-state index contributed by atoms with van der Waals surface area (Å²) < 4.78 is 18.7. The van der Waals surface area contributed by atoms with Crippen molar-refractivity contribution >= 4 is 23.5 Å². The zero-order valence-electron chi connectivity index (χ0n) is 17.3. The number of esters is 1. The number of anilines is 1. The average molecular weight is 416 g/mol. The Kier molecular flexibility index (Phi) is 5.80. The number of carbonyl (C=O) groups is 3.